The highest BCUT2D eigenvalue weighted by Gasteiger charge is 2.46. The van der Waals surface area contributed by atoms with Crippen LogP contribution < -0.4 is 0 Å². The molecule has 0 saturated heterocycles. The monoisotopic (exact) mass is 482 g/mol. The maximum atomic E-state index is 13.5. The van der Waals surface area contributed by atoms with Gasteiger partial charge in [-0.15, -0.1) is 0 Å². The van der Waals surface area contributed by atoms with E-state index in [1.54, 1.807) is 57.2 Å². The second kappa shape index (κ2) is 9.69. The summed E-state index contributed by atoms with van der Waals surface area (Å²) in [4.78, 5) is 12.5. The van der Waals surface area contributed by atoms with Crippen molar-refractivity contribution in [2.45, 2.75) is 87.9 Å². The summed E-state index contributed by atoms with van der Waals surface area (Å²) < 4.78 is 44.4. The fourth-order valence-corrected chi connectivity index (χ4v) is 6.58. The molecular weight excluding hydrogens is 444 g/mol. The van der Waals surface area contributed by atoms with E-state index in [2.05, 4.69) is 33.9 Å². The molecule has 1 aromatic carbocycles. The summed E-state index contributed by atoms with van der Waals surface area (Å²) in [7, 11) is -5.90. The van der Waals surface area contributed by atoms with E-state index in [4.69, 9.17) is 13.9 Å². The molecule has 0 fully saturated rings. The van der Waals surface area contributed by atoms with E-state index < -0.39 is 41.1 Å². The van der Waals surface area contributed by atoms with Crippen molar-refractivity contribution >= 4 is 24.3 Å². The molecule has 0 N–H and O–H groups in total. The average molecular weight is 483 g/mol. The quantitative estimate of drug-likeness (QED) is 0.292. The van der Waals surface area contributed by atoms with Crippen molar-refractivity contribution in [1.82, 2.24) is 0 Å². The predicted octanol–water partition coefficient (Wildman–Crippen LogP) is 5.75. The van der Waals surface area contributed by atoms with Gasteiger partial charge in [0.2, 0.25) is 0 Å². The van der Waals surface area contributed by atoms with E-state index in [0.717, 1.165) is 0 Å². The van der Waals surface area contributed by atoms with Gasteiger partial charge in [-0.1, -0.05) is 51.1 Å². The van der Waals surface area contributed by atoms with Gasteiger partial charge in [-0.2, -0.15) is 0 Å². The fraction of sp³-hybridized carbons (Fsp3) is 0.625. The second-order valence-electron chi connectivity index (χ2n) is 10.8. The second-order valence-corrected chi connectivity index (χ2v) is 17.7. The standard InChI is InChI=1S/C24H38O6SSi/c1-23(2,3)29-22(25)28-17-19-20(30-32(7,8)24(4,5)6)15-12-16-21(19)31(26,27)18-13-10-9-11-14-18/h9-14,16,19-21H,15,17H2,1-8H3/t19-,20+,21-/m1/s1. The van der Waals surface area contributed by atoms with Gasteiger partial charge in [-0.3, -0.25) is 0 Å². The highest BCUT2D eigenvalue weighted by atomic mass is 32.2. The Bertz CT molecular complexity index is 910. The molecule has 8 heteroatoms. The number of hydrogen-bond acceptors (Lipinski definition) is 6. The van der Waals surface area contributed by atoms with Crippen molar-refractivity contribution in [3.63, 3.8) is 0 Å². The Labute approximate surface area is 194 Å². The van der Waals surface area contributed by atoms with Gasteiger partial charge in [-0.05, 0) is 57.5 Å². The molecule has 0 heterocycles. The Hall–Kier alpha value is -1.64. The average Bonchev–Trinajstić information content (AvgIpc) is 2.65. The van der Waals surface area contributed by atoms with Crippen LogP contribution in [-0.2, 0) is 23.7 Å². The van der Waals surface area contributed by atoms with Crippen LogP contribution in [0.2, 0.25) is 18.1 Å². The van der Waals surface area contributed by atoms with Crippen LogP contribution in [-0.4, -0.2) is 46.5 Å². The number of sulfone groups is 1. The minimum absolute atomic E-state index is 0.0431. The van der Waals surface area contributed by atoms with Gasteiger partial charge in [0, 0.05) is 5.92 Å². The summed E-state index contributed by atoms with van der Waals surface area (Å²) in [5.41, 5.74) is -0.698. The van der Waals surface area contributed by atoms with Crippen molar-refractivity contribution in [3.05, 3.63) is 42.5 Å². The minimum atomic E-state index is -3.70. The molecule has 3 atom stereocenters. The third kappa shape index (κ3) is 6.68. The lowest BCUT2D eigenvalue weighted by Gasteiger charge is -2.43. The van der Waals surface area contributed by atoms with Gasteiger partial charge in [-0.25, -0.2) is 13.2 Å². The zero-order valence-electron chi connectivity index (χ0n) is 20.5. The molecule has 1 aromatic rings. The molecular formula is C24H38O6SSi. The number of carbonyl (C=O) groups excluding carboxylic acids is 1. The molecule has 32 heavy (non-hydrogen) atoms. The van der Waals surface area contributed by atoms with Crippen molar-refractivity contribution in [1.29, 1.82) is 0 Å². The van der Waals surface area contributed by atoms with Gasteiger partial charge in [0.25, 0.3) is 0 Å². The Balaban J connectivity index is 2.37. The Morgan fingerprint density at radius 2 is 1.66 bits per heavy atom. The van der Waals surface area contributed by atoms with Crippen LogP contribution in [0.1, 0.15) is 48.0 Å². The van der Waals surface area contributed by atoms with Gasteiger partial charge in [0.1, 0.15) is 12.2 Å². The highest BCUT2D eigenvalue weighted by Crippen LogP contribution is 2.41. The lowest BCUT2D eigenvalue weighted by atomic mass is 9.91. The predicted molar refractivity (Wildman–Crippen MR) is 129 cm³/mol. The Kier molecular flexibility index (Phi) is 8.06. The van der Waals surface area contributed by atoms with Crippen molar-refractivity contribution in [3.8, 4) is 0 Å². The van der Waals surface area contributed by atoms with Crippen LogP contribution in [0.3, 0.4) is 0 Å². The van der Waals surface area contributed by atoms with Gasteiger partial charge >= 0.3 is 6.16 Å². The lowest BCUT2D eigenvalue weighted by Crippen LogP contribution is -2.50. The fourth-order valence-electron chi connectivity index (χ4n) is 3.31. The number of ether oxygens (including phenoxy) is 2. The normalized spacial score (nSPS) is 22.4. The maximum absolute atomic E-state index is 13.5. The molecule has 0 aromatic heterocycles. The molecule has 1 aliphatic carbocycles. The maximum Gasteiger partial charge on any atom is 0.508 e. The summed E-state index contributed by atoms with van der Waals surface area (Å²) in [6, 6.07) is 8.37. The number of hydrogen-bond donors (Lipinski definition) is 0. The summed E-state index contributed by atoms with van der Waals surface area (Å²) in [5, 5.41) is -0.908. The van der Waals surface area contributed by atoms with Gasteiger partial charge in [0.05, 0.1) is 16.2 Å². The van der Waals surface area contributed by atoms with Crippen LogP contribution in [0.15, 0.2) is 47.4 Å². The van der Waals surface area contributed by atoms with E-state index >= 15 is 0 Å². The van der Waals surface area contributed by atoms with Crippen molar-refractivity contribution in [2.24, 2.45) is 5.92 Å². The molecule has 0 amide bonds. The Morgan fingerprint density at radius 3 is 2.19 bits per heavy atom. The van der Waals surface area contributed by atoms with E-state index in [1.807, 2.05) is 6.08 Å². The molecule has 0 radical (unpaired) electrons. The van der Waals surface area contributed by atoms with E-state index in [-0.39, 0.29) is 22.6 Å². The smallest absolute Gasteiger partial charge is 0.434 e. The molecule has 180 valence electrons. The van der Waals surface area contributed by atoms with Crippen LogP contribution in [0, 0.1) is 5.92 Å². The van der Waals surface area contributed by atoms with E-state index in [0.29, 0.717) is 6.42 Å². The van der Waals surface area contributed by atoms with Crippen LogP contribution >= 0.6 is 0 Å². The number of benzene rings is 1. The first kappa shape index (κ1) is 26.6. The molecule has 6 nitrogen and oxygen atoms in total. The minimum Gasteiger partial charge on any atom is -0.434 e. The molecule has 0 unspecified atom stereocenters. The SMILES string of the molecule is CC(C)(C)OC(=O)OC[C@@H]1[C@@H](O[Si](C)(C)C(C)(C)C)CC=C[C@H]1S(=O)(=O)c1ccccc1. The summed E-state index contributed by atoms with van der Waals surface area (Å²) in [6.45, 7) is 15.9. The molecule has 0 saturated carbocycles. The first-order chi connectivity index (χ1) is 14.5. The first-order valence-corrected chi connectivity index (χ1v) is 15.5. The zero-order valence-corrected chi connectivity index (χ0v) is 22.4. The zero-order chi connectivity index (χ0) is 24.4. The molecule has 0 spiro atoms. The van der Waals surface area contributed by atoms with Gasteiger partial charge in [0.15, 0.2) is 18.2 Å². The molecule has 0 aliphatic heterocycles. The number of carbonyl (C=O) groups is 1. The summed E-state index contributed by atoms with van der Waals surface area (Å²) >= 11 is 0. The van der Waals surface area contributed by atoms with E-state index in [9.17, 15) is 13.2 Å². The summed E-state index contributed by atoms with van der Waals surface area (Å²) in [5.74, 6) is -0.549. The van der Waals surface area contributed by atoms with Gasteiger partial charge < -0.3 is 13.9 Å². The largest absolute Gasteiger partial charge is 0.508 e. The van der Waals surface area contributed by atoms with Crippen LogP contribution in [0.4, 0.5) is 4.79 Å². The summed E-state index contributed by atoms with van der Waals surface area (Å²) in [6.07, 6.45) is 2.94. The Morgan fingerprint density at radius 1 is 1.06 bits per heavy atom. The number of rotatable bonds is 6. The van der Waals surface area contributed by atoms with Crippen LogP contribution in [0.25, 0.3) is 0 Å². The van der Waals surface area contributed by atoms with Crippen molar-refractivity contribution in [2.75, 3.05) is 6.61 Å². The van der Waals surface area contributed by atoms with Crippen LogP contribution in [0.5, 0.6) is 0 Å². The third-order valence-electron chi connectivity index (χ3n) is 6.06. The molecule has 1 aliphatic rings. The van der Waals surface area contributed by atoms with E-state index in [1.165, 1.54) is 0 Å². The lowest BCUT2D eigenvalue weighted by molar-refractivity contribution is -0.0229. The third-order valence-corrected chi connectivity index (χ3v) is 12.7. The first-order valence-electron chi connectivity index (χ1n) is 11.0. The van der Waals surface area contributed by atoms with Crippen molar-refractivity contribution < 1.29 is 27.1 Å². The highest BCUT2D eigenvalue weighted by molar-refractivity contribution is 7.92. The topological polar surface area (TPSA) is 78.9 Å². The molecule has 2 rings (SSSR count). The molecule has 0 bridgehead atoms.